The maximum Gasteiger partial charge on any atom is 0.0493 e. The second-order valence-electron chi connectivity index (χ2n) is 4.48. The molecular weight excluding hydrogens is 206 g/mol. The molecule has 2 rings (SSSR count). The number of nitrogens with zero attached hydrogens (tertiary/aromatic N) is 1. The van der Waals surface area contributed by atoms with Crippen molar-refractivity contribution in [1.29, 1.82) is 0 Å². The summed E-state index contributed by atoms with van der Waals surface area (Å²) >= 11 is 0. The minimum atomic E-state index is 0.437. The quantitative estimate of drug-likeness (QED) is 0.700. The minimum Gasteiger partial charge on any atom is -0.338 e. The van der Waals surface area contributed by atoms with E-state index < -0.39 is 0 Å². The van der Waals surface area contributed by atoms with Crippen molar-refractivity contribution >= 4 is 23.1 Å². The third-order valence-electron chi connectivity index (χ3n) is 3.03. The van der Waals surface area contributed by atoms with Gasteiger partial charge in [0.2, 0.25) is 0 Å². The molecule has 0 fully saturated rings. The smallest absolute Gasteiger partial charge is 0.0493 e. The Morgan fingerprint density at radius 2 is 1.94 bits per heavy atom. The fraction of sp³-hybridized carbons (Fsp3) is 0.250. The average molecular weight is 225 g/mol. The van der Waals surface area contributed by atoms with Crippen molar-refractivity contribution in [3.05, 3.63) is 48.2 Å². The molecule has 0 aliphatic carbocycles. The van der Waals surface area contributed by atoms with E-state index >= 15 is 0 Å². The van der Waals surface area contributed by atoms with Crippen molar-refractivity contribution in [2.24, 2.45) is 0 Å². The lowest BCUT2D eigenvalue weighted by molar-refractivity contribution is 0.618. The second kappa shape index (κ2) is 4.62. The Labute approximate surface area is 103 Å². The molecule has 0 N–H and O–H groups in total. The Bertz CT molecular complexity index is 570. The van der Waals surface area contributed by atoms with E-state index in [1.54, 1.807) is 0 Å². The molecule has 1 heterocycles. The van der Waals surface area contributed by atoms with Crippen LogP contribution in [0.1, 0.15) is 38.1 Å². The molecule has 0 saturated carbocycles. The Kier molecular flexibility index (Phi) is 3.19. The summed E-state index contributed by atoms with van der Waals surface area (Å²) in [7, 11) is 0. The Hall–Kier alpha value is -1.76. The summed E-state index contributed by atoms with van der Waals surface area (Å²) in [4.78, 5) is 0. The predicted octanol–water partition coefficient (Wildman–Crippen LogP) is 4.90. The van der Waals surface area contributed by atoms with Gasteiger partial charge in [0.15, 0.2) is 0 Å². The van der Waals surface area contributed by atoms with Crippen LogP contribution in [0.3, 0.4) is 0 Å². The zero-order chi connectivity index (χ0) is 12.4. The van der Waals surface area contributed by atoms with Gasteiger partial charge in [-0.3, -0.25) is 0 Å². The molecule has 0 amide bonds. The molecule has 88 valence electrons. The van der Waals surface area contributed by atoms with E-state index in [0.29, 0.717) is 6.04 Å². The number of hydrogen-bond donors (Lipinski definition) is 0. The maximum atomic E-state index is 3.96. The van der Waals surface area contributed by atoms with E-state index in [4.69, 9.17) is 0 Å². The fourth-order valence-electron chi connectivity index (χ4n) is 2.42. The molecule has 0 aliphatic rings. The molecule has 1 nitrogen and oxygen atoms in total. The summed E-state index contributed by atoms with van der Waals surface area (Å²) in [6.07, 6.45) is 6.20. The molecule has 2 aromatic rings. The van der Waals surface area contributed by atoms with Gasteiger partial charge in [0, 0.05) is 28.2 Å². The van der Waals surface area contributed by atoms with Gasteiger partial charge >= 0.3 is 0 Å². The molecule has 0 saturated heterocycles. The standard InChI is InChI=1S/C16H19N/c1-5-9-13-14-10-7-8-11-16(14)17(12(3)4)15(13)6-2/h5-12H,2H2,1,3-4H3/b9-5-. The third-order valence-corrected chi connectivity index (χ3v) is 3.03. The van der Waals surface area contributed by atoms with Crippen molar-refractivity contribution in [3.63, 3.8) is 0 Å². The lowest BCUT2D eigenvalue weighted by Crippen LogP contribution is -2.02. The number of allylic oxidation sites excluding steroid dienone is 1. The number of aromatic nitrogens is 1. The van der Waals surface area contributed by atoms with Crippen LogP contribution in [0.15, 0.2) is 36.9 Å². The fourth-order valence-corrected chi connectivity index (χ4v) is 2.42. The minimum absolute atomic E-state index is 0.437. The lowest BCUT2D eigenvalue weighted by Gasteiger charge is -2.12. The zero-order valence-electron chi connectivity index (χ0n) is 10.8. The van der Waals surface area contributed by atoms with Crippen LogP contribution in [0.4, 0.5) is 0 Å². The summed E-state index contributed by atoms with van der Waals surface area (Å²) in [6.45, 7) is 10.4. The van der Waals surface area contributed by atoms with Gasteiger partial charge in [-0.2, -0.15) is 0 Å². The van der Waals surface area contributed by atoms with Crippen LogP contribution in [-0.4, -0.2) is 4.57 Å². The average Bonchev–Trinajstić information content (AvgIpc) is 2.64. The molecule has 0 unspecified atom stereocenters. The summed E-state index contributed by atoms with van der Waals surface area (Å²) in [5, 5.41) is 1.30. The van der Waals surface area contributed by atoms with Crippen LogP contribution in [0.5, 0.6) is 0 Å². The highest BCUT2D eigenvalue weighted by atomic mass is 15.0. The summed E-state index contributed by atoms with van der Waals surface area (Å²) in [5.41, 5.74) is 3.76. The largest absolute Gasteiger partial charge is 0.338 e. The van der Waals surface area contributed by atoms with Gasteiger partial charge in [-0.15, -0.1) is 0 Å². The van der Waals surface area contributed by atoms with Crippen LogP contribution < -0.4 is 0 Å². The Balaban J connectivity index is 2.91. The first-order valence-corrected chi connectivity index (χ1v) is 6.08. The van der Waals surface area contributed by atoms with E-state index in [1.165, 1.54) is 22.2 Å². The maximum absolute atomic E-state index is 3.96. The molecular formula is C16H19N. The number of fused-ring (bicyclic) bond motifs is 1. The number of para-hydroxylation sites is 1. The molecule has 0 bridgehead atoms. The van der Waals surface area contributed by atoms with Crippen LogP contribution in [-0.2, 0) is 0 Å². The molecule has 17 heavy (non-hydrogen) atoms. The van der Waals surface area contributed by atoms with Gasteiger partial charge in [0.25, 0.3) is 0 Å². The molecule has 0 spiro atoms. The van der Waals surface area contributed by atoms with E-state index in [0.717, 1.165) is 0 Å². The summed E-state index contributed by atoms with van der Waals surface area (Å²) in [5.74, 6) is 0. The van der Waals surface area contributed by atoms with Gasteiger partial charge in [0.1, 0.15) is 0 Å². The highest BCUT2D eigenvalue weighted by Crippen LogP contribution is 2.31. The SMILES string of the molecule is C=Cc1c(/C=C\C)c2ccccc2n1C(C)C. The van der Waals surface area contributed by atoms with Crippen molar-refractivity contribution in [2.45, 2.75) is 26.8 Å². The number of rotatable bonds is 3. The second-order valence-corrected chi connectivity index (χ2v) is 4.48. The van der Waals surface area contributed by atoms with E-state index in [1.807, 2.05) is 13.0 Å². The molecule has 1 heteroatoms. The molecule has 1 aromatic heterocycles. The van der Waals surface area contributed by atoms with Crippen LogP contribution >= 0.6 is 0 Å². The van der Waals surface area contributed by atoms with Crippen LogP contribution in [0.2, 0.25) is 0 Å². The lowest BCUT2D eigenvalue weighted by atomic mass is 10.1. The molecule has 0 radical (unpaired) electrons. The molecule has 0 atom stereocenters. The van der Waals surface area contributed by atoms with E-state index in [-0.39, 0.29) is 0 Å². The highest BCUT2D eigenvalue weighted by molar-refractivity contribution is 5.94. The van der Waals surface area contributed by atoms with Crippen LogP contribution in [0.25, 0.3) is 23.1 Å². The number of hydrogen-bond acceptors (Lipinski definition) is 0. The third kappa shape index (κ3) is 1.82. The summed E-state index contributed by atoms with van der Waals surface area (Å²) in [6, 6.07) is 8.97. The van der Waals surface area contributed by atoms with Crippen molar-refractivity contribution in [1.82, 2.24) is 4.57 Å². The topological polar surface area (TPSA) is 4.93 Å². The van der Waals surface area contributed by atoms with Crippen molar-refractivity contribution in [2.75, 3.05) is 0 Å². The monoisotopic (exact) mass is 225 g/mol. The first-order chi connectivity index (χ1) is 8.20. The van der Waals surface area contributed by atoms with Gasteiger partial charge in [-0.05, 0) is 32.9 Å². The van der Waals surface area contributed by atoms with Gasteiger partial charge in [0.05, 0.1) is 0 Å². The van der Waals surface area contributed by atoms with E-state index in [9.17, 15) is 0 Å². The Morgan fingerprint density at radius 3 is 2.53 bits per heavy atom. The number of benzene rings is 1. The summed E-state index contributed by atoms with van der Waals surface area (Å²) < 4.78 is 2.34. The predicted molar refractivity (Wildman–Crippen MR) is 77.1 cm³/mol. The van der Waals surface area contributed by atoms with E-state index in [2.05, 4.69) is 61.4 Å². The zero-order valence-corrected chi connectivity index (χ0v) is 10.8. The van der Waals surface area contributed by atoms with Crippen LogP contribution in [0, 0.1) is 0 Å². The first kappa shape index (κ1) is 11.7. The molecule has 0 aliphatic heterocycles. The van der Waals surface area contributed by atoms with Gasteiger partial charge in [-0.1, -0.05) is 36.9 Å². The highest BCUT2D eigenvalue weighted by Gasteiger charge is 2.14. The van der Waals surface area contributed by atoms with Crippen molar-refractivity contribution in [3.8, 4) is 0 Å². The van der Waals surface area contributed by atoms with Gasteiger partial charge in [-0.25, -0.2) is 0 Å². The van der Waals surface area contributed by atoms with Crippen molar-refractivity contribution < 1.29 is 0 Å². The molecule has 1 aromatic carbocycles. The normalized spacial score (nSPS) is 11.8. The first-order valence-electron chi connectivity index (χ1n) is 6.08. The Morgan fingerprint density at radius 1 is 1.24 bits per heavy atom. The van der Waals surface area contributed by atoms with Gasteiger partial charge < -0.3 is 4.57 Å².